The molecule has 0 aliphatic carbocycles. The molecule has 70 valence electrons. The number of hydrogen-bond acceptors (Lipinski definition) is 3. The third kappa shape index (κ3) is 1.52. The molecule has 1 aromatic carbocycles. The van der Waals surface area contributed by atoms with Crippen LogP contribution in [0.4, 0.5) is 0 Å². The SMILES string of the molecule is CSc1cc2sc(C)cc2cc1C#N. The summed E-state index contributed by atoms with van der Waals surface area (Å²) in [4.78, 5) is 2.36. The maximum absolute atomic E-state index is 8.96. The molecule has 0 N–H and O–H groups in total. The lowest BCUT2D eigenvalue weighted by Crippen LogP contribution is -1.78. The Kier molecular flexibility index (Phi) is 2.49. The Bertz CT molecular complexity index is 520. The van der Waals surface area contributed by atoms with Gasteiger partial charge >= 0.3 is 0 Å². The highest BCUT2D eigenvalue weighted by Crippen LogP contribution is 2.31. The van der Waals surface area contributed by atoms with Crippen LogP contribution in [0.1, 0.15) is 10.4 Å². The van der Waals surface area contributed by atoms with Crippen molar-refractivity contribution in [3.63, 3.8) is 0 Å². The molecule has 2 rings (SSSR count). The van der Waals surface area contributed by atoms with E-state index in [1.807, 2.05) is 12.3 Å². The largest absolute Gasteiger partial charge is 0.192 e. The number of aryl methyl sites for hydroxylation is 1. The minimum absolute atomic E-state index is 0.780. The normalized spacial score (nSPS) is 10.4. The molecule has 0 spiro atoms. The summed E-state index contributed by atoms with van der Waals surface area (Å²) < 4.78 is 1.27. The fourth-order valence-corrected chi connectivity index (χ4v) is 3.04. The van der Waals surface area contributed by atoms with Crippen molar-refractivity contribution in [3.8, 4) is 6.07 Å². The second-order valence-corrected chi connectivity index (χ2v) is 5.20. The Hall–Kier alpha value is -0.980. The number of nitriles is 1. The van der Waals surface area contributed by atoms with Crippen LogP contribution in [-0.2, 0) is 0 Å². The highest BCUT2D eigenvalue weighted by molar-refractivity contribution is 7.98. The van der Waals surface area contributed by atoms with Crippen molar-refractivity contribution in [2.24, 2.45) is 0 Å². The summed E-state index contributed by atoms with van der Waals surface area (Å²) in [5.74, 6) is 0. The van der Waals surface area contributed by atoms with Crippen molar-refractivity contribution in [1.29, 1.82) is 5.26 Å². The molecule has 0 radical (unpaired) electrons. The third-order valence-corrected chi connectivity index (χ3v) is 3.87. The number of hydrogen-bond donors (Lipinski definition) is 0. The van der Waals surface area contributed by atoms with Crippen LogP contribution in [-0.4, -0.2) is 6.26 Å². The molecule has 1 aromatic heterocycles. The number of fused-ring (bicyclic) bond motifs is 1. The standard InChI is InChI=1S/C11H9NS2/c1-7-3-8-4-9(6-12)10(13-2)5-11(8)14-7/h3-5H,1-2H3. The van der Waals surface area contributed by atoms with E-state index in [1.54, 1.807) is 23.1 Å². The molecule has 14 heavy (non-hydrogen) atoms. The van der Waals surface area contributed by atoms with Gasteiger partial charge in [0.05, 0.1) is 5.56 Å². The van der Waals surface area contributed by atoms with Crippen molar-refractivity contribution < 1.29 is 0 Å². The molecule has 1 nitrogen and oxygen atoms in total. The number of benzene rings is 1. The van der Waals surface area contributed by atoms with Crippen LogP contribution in [0, 0.1) is 18.3 Å². The quantitative estimate of drug-likeness (QED) is 0.681. The molecular weight excluding hydrogens is 210 g/mol. The lowest BCUT2D eigenvalue weighted by molar-refractivity contribution is 1.40. The number of rotatable bonds is 1. The molecule has 0 bridgehead atoms. The van der Waals surface area contributed by atoms with Crippen molar-refractivity contribution in [2.75, 3.05) is 6.26 Å². The zero-order valence-corrected chi connectivity index (χ0v) is 9.63. The van der Waals surface area contributed by atoms with E-state index in [0.717, 1.165) is 10.5 Å². The molecule has 0 unspecified atom stereocenters. The van der Waals surface area contributed by atoms with E-state index in [9.17, 15) is 0 Å². The molecule has 0 aliphatic heterocycles. The van der Waals surface area contributed by atoms with Crippen LogP contribution in [0.25, 0.3) is 10.1 Å². The van der Waals surface area contributed by atoms with Gasteiger partial charge in [-0.05, 0) is 36.8 Å². The highest BCUT2D eigenvalue weighted by Gasteiger charge is 2.05. The van der Waals surface area contributed by atoms with Crippen molar-refractivity contribution in [1.82, 2.24) is 0 Å². The molecule has 0 saturated carbocycles. The molecule has 0 aliphatic rings. The van der Waals surface area contributed by atoms with Crippen LogP contribution in [0.15, 0.2) is 23.1 Å². The maximum atomic E-state index is 8.96. The van der Waals surface area contributed by atoms with Crippen LogP contribution in [0.2, 0.25) is 0 Å². The summed E-state index contributed by atoms with van der Waals surface area (Å²) >= 11 is 3.41. The van der Waals surface area contributed by atoms with E-state index >= 15 is 0 Å². The second-order valence-electron chi connectivity index (χ2n) is 3.06. The second kappa shape index (κ2) is 3.64. The maximum Gasteiger partial charge on any atom is 0.100 e. The lowest BCUT2D eigenvalue weighted by Gasteiger charge is -1.99. The van der Waals surface area contributed by atoms with Crippen molar-refractivity contribution >= 4 is 33.2 Å². The first-order valence-corrected chi connectivity index (χ1v) is 6.27. The van der Waals surface area contributed by atoms with Crippen LogP contribution in [0.3, 0.4) is 0 Å². The first-order valence-electron chi connectivity index (χ1n) is 4.23. The number of thioether (sulfide) groups is 1. The van der Waals surface area contributed by atoms with Gasteiger partial charge < -0.3 is 0 Å². The van der Waals surface area contributed by atoms with Crippen molar-refractivity contribution in [3.05, 3.63) is 28.6 Å². The van der Waals surface area contributed by atoms with Crippen LogP contribution >= 0.6 is 23.1 Å². The summed E-state index contributed by atoms with van der Waals surface area (Å²) in [5.41, 5.74) is 0.780. The van der Waals surface area contributed by atoms with Gasteiger partial charge in [-0.3, -0.25) is 0 Å². The first-order chi connectivity index (χ1) is 6.74. The minimum atomic E-state index is 0.780. The minimum Gasteiger partial charge on any atom is -0.192 e. The molecule has 3 heteroatoms. The summed E-state index contributed by atoms with van der Waals surface area (Å²) in [6.07, 6.45) is 2.00. The van der Waals surface area contributed by atoms with Gasteiger partial charge in [-0.1, -0.05) is 0 Å². The van der Waals surface area contributed by atoms with Gasteiger partial charge in [-0.25, -0.2) is 0 Å². The monoisotopic (exact) mass is 219 g/mol. The van der Waals surface area contributed by atoms with E-state index in [-0.39, 0.29) is 0 Å². The molecule has 0 saturated heterocycles. The Balaban J connectivity index is 2.76. The molecule has 2 aromatic rings. The summed E-state index contributed by atoms with van der Waals surface area (Å²) in [5, 5.41) is 10.1. The van der Waals surface area contributed by atoms with Gasteiger partial charge in [-0.15, -0.1) is 23.1 Å². The number of thiophene rings is 1. The Morgan fingerprint density at radius 1 is 1.36 bits per heavy atom. The van der Waals surface area contributed by atoms with E-state index in [4.69, 9.17) is 5.26 Å². The predicted octanol–water partition coefficient (Wildman–Crippen LogP) is 3.80. The van der Waals surface area contributed by atoms with Crippen LogP contribution in [0.5, 0.6) is 0 Å². The number of nitrogens with zero attached hydrogens (tertiary/aromatic N) is 1. The lowest BCUT2D eigenvalue weighted by atomic mass is 10.2. The van der Waals surface area contributed by atoms with Gasteiger partial charge in [0.15, 0.2) is 0 Å². The summed E-state index contributed by atoms with van der Waals surface area (Å²) in [6.45, 7) is 2.09. The average Bonchev–Trinajstić information content (AvgIpc) is 2.54. The Morgan fingerprint density at radius 2 is 2.14 bits per heavy atom. The Morgan fingerprint density at radius 3 is 2.79 bits per heavy atom. The van der Waals surface area contributed by atoms with Gasteiger partial charge in [0, 0.05) is 14.5 Å². The third-order valence-electron chi connectivity index (χ3n) is 2.08. The van der Waals surface area contributed by atoms with Crippen LogP contribution < -0.4 is 0 Å². The van der Waals surface area contributed by atoms with E-state index < -0.39 is 0 Å². The first kappa shape index (κ1) is 9.57. The van der Waals surface area contributed by atoms with E-state index in [1.165, 1.54) is 15.0 Å². The zero-order chi connectivity index (χ0) is 10.1. The van der Waals surface area contributed by atoms with Gasteiger partial charge in [0.2, 0.25) is 0 Å². The predicted molar refractivity (Wildman–Crippen MR) is 63.1 cm³/mol. The molecule has 0 fully saturated rings. The molecular formula is C11H9NS2. The fraction of sp³-hybridized carbons (Fsp3) is 0.182. The highest BCUT2D eigenvalue weighted by atomic mass is 32.2. The van der Waals surface area contributed by atoms with Gasteiger partial charge in [0.1, 0.15) is 6.07 Å². The van der Waals surface area contributed by atoms with Gasteiger partial charge in [0.25, 0.3) is 0 Å². The van der Waals surface area contributed by atoms with Gasteiger partial charge in [-0.2, -0.15) is 5.26 Å². The molecule has 0 amide bonds. The average molecular weight is 219 g/mol. The van der Waals surface area contributed by atoms with E-state index in [2.05, 4.69) is 25.1 Å². The molecule has 1 heterocycles. The summed E-state index contributed by atoms with van der Waals surface area (Å²) in [6, 6.07) is 8.45. The smallest absolute Gasteiger partial charge is 0.100 e. The zero-order valence-electron chi connectivity index (χ0n) is 8.00. The van der Waals surface area contributed by atoms with Crippen molar-refractivity contribution in [2.45, 2.75) is 11.8 Å². The summed E-state index contributed by atoms with van der Waals surface area (Å²) in [7, 11) is 0. The Labute approximate surface area is 91.4 Å². The molecule has 0 atom stereocenters. The topological polar surface area (TPSA) is 23.8 Å². The fourth-order valence-electron chi connectivity index (χ4n) is 1.46. The van der Waals surface area contributed by atoms with E-state index in [0.29, 0.717) is 0 Å².